The minimum absolute atomic E-state index is 0.0654. The van der Waals surface area contributed by atoms with Crippen LogP contribution in [-0.2, 0) is 0 Å². The first kappa shape index (κ1) is 19.5. The zero-order valence-electron chi connectivity index (χ0n) is 14.4. The van der Waals surface area contributed by atoms with Crippen LogP contribution in [0.3, 0.4) is 0 Å². The molecule has 7 heteroatoms. The third-order valence-electron chi connectivity index (χ3n) is 3.45. The van der Waals surface area contributed by atoms with Crippen molar-refractivity contribution in [3.05, 3.63) is 62.1 Å². The molecular formula is C19H17BrN2O4. The van der Waals surface area contributed by atoms with Gasteiger partial charge in [-0.3, -0.25) is 10.1 Å². The molecule has 0 atom stereocenters. The normalized spacial score (nSPS) is 10.9. The molecule has 0 bridgehead atoms. The smallest absolute Gasteiger partial charge is 0.270 e. The molecule has 0 aromatic heterocycles. The summed E-state index contributed by atoms with van der Waals surface area (Å²) in [6.45, 7) is 4.73. The molecule has 0 aliphatic rings. The van der Waals surface area contributed by atoms with Crippen molar-refractivity contribution >= 4 is 33.3 Å². The molecule has 2 aromatic carbocycles. The second kappa shape index (κ2) is 9.02. The molecule has 134 valence electrons. The summed E-state index contributed by atoms with van der Waals surface area (Å²) in [5, 5.41) is 20.5. The number of ether oxygens (including phenoxy) is 2. The molecule has 0 aliphatic carbocycles. The van der Waals surface area contributed by atoms with Gasteiger partial charge < -0.3 is 9.47 Å². The summed E-state index contributed by atoms with van der Waals surface area (Å²) < 4.78 is 11.9. The van der Waals surface area contributed by atoms with Crippen LogP contribution in [0.4, 0.5) is 5.69 Å². The maximum Gasteiger partial charge on any atom is 0.270 e. The fourth-order valence-corrected chi connectivity index (χ4v) is 2.76. The van der Waals surface area contributed by atoms with Gasteiger partial charge in [-0.15, -0.1) is 0 Å². The van der Waals surface area contributed by atoms with Gasteiger partial charge >= 0.3 is 0 Å². The topological polar surface area (TPSA) is 85.4 Å². The van der Waals surface area contributed by atoms with Gasteiger partial charge in [0.25, 0.3) is 5.69 Å². The Labute approximate surface area is 159 Å². The Balaban J connectivity index is 2.52. The van der Waals surface area contributed by atoms with E-state index in [0.717, 1.165) is 4.47 Å². The molecule has 0 spiro atoms. The third kappa shape index (κ3) is 4.61. The Bertz CT molecular complexity index is 888. The van der Waals surface area contributed by atoms with E-state index in [4.69, 9.17) is 9.47 Å². The van der Waals surface area contributed by atoms with Gasteiger partial charge in [-0.1, -0.05) is 28.1 Å². The van der Waals surface area contributed by atoms with Crippen molar-refractivity contribution in [2.75, 3.05) is 13.2 Å². The van der Waals surface area contributed by atoms with Crippen LogP contribution in [-0.4, -0.2) is 18.1 Å². The highest BCUT2D eigenvalue weighted by Crippen LogP contribution is 2.35. The summed E-state index contributed by atoms with van der Waals surface area (Å²) in [5.74, 6) is 1.17. The van der Waals surface area contributed by atoms with Gasteiger partial charge in [-0.05, 0) is 43.2 Å². The molecule has 0 N–H and O–H groups in total. The van der Waals surface area contributed by atoms with Crippen LogP contribution in [0.2, 0.25) is 0 Å². The Hall–Kier alpha value is -2.85. The molecule has 0 unspecified atom stereocenters. The van der Waals surface area contributed by atoms with Crippen LogP contribution >= 0.6 is 15.9 Å². The van der Waals surface area contributed by atoms with Crippen LogP contribution in [0.15, 0.2) is 40.9 Å². The molecule has 2 rings (SSSR count). The molecule has 0 saturated carbocycles. The van der Waals surface area contributed by atoms with E-state index in [2.05, 4.69) is 22.0 Å². The highest BCUT2D eigenvalue weighted by Gasteiger charge is 2.13. The van der Waals surface area contributed by atoms with E-state index >= 15 is 0 Å². The number of halogens is 1. The predicted octanol–water partition coefficient (Wildman–Crippen LogP) is 5.22. The van der Waals surface area contributed by atoms with E-state index in [9.17, 15) is 15.4 Å². The van der Waals surface area contributed by atoms with Crippen molar-refractivity contribution < 1.29 is 14.4 Å². The van der Waals surface area contributed by atoms with Crippen LogP contribution in [0.25, 0.3) is 11.6 Å². The van der Waals surface area contributed by atoms with E-state index in [1.165, 1.54) is 12.1 Å². The lowest BCUT2D eigenvalue weighted by Crippen LogP contribution is -1.99. The molecular weight excluding hydrogens is 400 g/mol. The zero-order chi connectivity index (χ0) is 19.1. The molecule has 0 saturated heterocycles. The van der Waals surface area contributed by atoms with E-state index in [1.54, 1.807) is 30.3 Å². The van der Waals surface area contributed by atoms with E-state index in [0.29, 0.717) is 41.4 Å². The summed E-state index contributed by atoms with van der Waals surface area (Å²) in [6, 6.07) is 11.6. The summed E-state index contributed by atoms with van der Waals surface area (Å²) in [7, 11) is 0. The molecule has 0 amide bonds. The number of nitrogens with zero attached hydrogens (tertiary/aromatic N) is 2. The lowest BCUT2D eigenvalue weighted by Gasteiger charge is -2.13. The summed E-state index contributed by atoms with van der Waals surface area (Å²) in [5.41, 5.74) is 1.42. The first-order valence-electron chi connectivity index (χ1n) is 7.95. The molecule has 2 aromatic rings. The first-order valence-corrected chi connectivity index (χ1v) is 8.75. The average Bonchev–Trinajstić information content (AvgIpc) is 2.63. The number of hydrogen-bond acceptors (Lipinski definition) is 5. The van der Waals surface area contributed by atoms with Crippen molar-refractivity contribution in [3.63, 3.8) is 0 Å². The maximum atomic E-state index is 11.0. The fourth-order valence-electron chi connectivity index (χ4n) is 2.32. The van der Waals surface area contributed by atoms with Crippen LogP contribution in [0.1, 0.15) is 25.0 Å². The van der Waals surface area contributed by atoms with Crippen LogP contribution in [0, 0.1) is 21.4 Å². The summed E-state index contributed by atoms with van der Waals surface area (Å²) in [4.78, 5) is 10.5. The Morgan fingerprint density at radius 1 is 1.23 bits per heavy atom. The molecule has 0 fully saturated rings. The number of nitriles is 1. The molecule has 6 nitrogen and oxygen atoms in total. The minimum Gasteiger partial charge on any atom is -0.490 e. The lowest BCUT2D eigenvalue weighted by atomic mass is 10.0. The van der Waals surface area contributed by atoms with E-state index < -0.39 is 4.92 Å². The fraction of sp³-hybridized carbons (Fsp3) is 0.211. The molecule has 0 heterocycles. The third-order valence-corrected chi connectivity index (χ3v) is 4.14. The minimum atomic E-state index is -0.488. The zero-order valence-corrected chi connectivity index (χ0v) is 15.9. The Kier molecular flexibility index (Phi) is 6.75. The monoisotopic (exact) mass is 416 g/mol. The van der Waals surface area contributed by atoms with Gasteiger partial charge in [0.15, 0.2) is 11.5 Å². The van der Waals surface area contributed by atoms with Crippen molar-refractivity contribution in [1.29, 1.82) is 5.26 Å². The van der Waals surface area contributed by atoms with Crippen molar-refractivity contribution in [2.24, 2.45) is 0 Å². The van der Waals surface area contributed by atoms with Crippen molar-refractivity contribution in [1.82, 2.24) is 0 Å². The second-order valence-corrected chi connectivity index (χ2v) is 6.02. The largest absolute Gasteiger partial charge is 0.490 e. The average molecular weight is 417 g/mol. The van der Waals surface area contributed by atoms with Crippen molar-refractivity contribution in [3.8, 4) is 17.6 Å². The standard InChI is InChI=1S/C19H17BrN2O4/c1-3-25-18-10-14(17(20)11-19(18)26-4-2)8-15(12-21)13-6-5-7-16(9-13)22(23)24/h5-11H,3-4H2,1-2H3. The second-order valence-electron chi connectivity index (χ2n) is 5.16. The SMILES string of the molecule is CCOc1cc(Br)c(C=C(C#N)c2cccc([N+](=O)[O-])c2)cc1OCC. The van der Waals surface area contributed by atoms with Crippen LogP contribution in [0.5, 0.6) is 11.5 Å². The van der Waals surface area contributed by atoms with Gasteiger partial charge in [-0.25, -0.2) is 0 Å². The predicted molar refractivity (Wildman–Crippen MR) is 103 cm³/mol. The highest BCUT2D eigenvalue weighted by atomic mass is 79.9. The van der Waals surface area contributed by atoms with Gasteiger partial charge in [-0.2, -0.15) is 5.26 Å². The number of allylic oxidation sites excluding steroid dienone is 1. The number of benzene rings is 2. The number of nitro benzene ring substituents is 1. The number of nitro groups is 1. The lowest BCUT2D eigenvalue weighted by molar-refractivity contribution is -0.384. The number of hydrogen-bond donors (Lipinski definition) is 0. The maximum absolute atomic E-state index is 11.0. The van der Waals surface area contributed by atoms with Gasteiger partial charge in [0.2, 0.25) is 0 Å². The Morgan fingerprint density at radius 3 is 2.46 bits per heavy atom. The number of non-ortho nitro benzene ring substituents is 1. The quantitative estimate of drug-likeness (QED) is 0.267. The summed E-state index contributed by atoms with van der Waals surface area (Å²) >= 11 is 3.47. The van der Waals surface area contributed by atoms with Crippen LogP contribution < -0.4 is 9.47 Å². The molecule has 26 heavy (non-hydrogen) atoms. The van der Waals surface area contributed by atoms with Gasteiger partial charge in [0.1, 0.15) is 0 Å². The molecule has 0 aliphatic heterocycles. The van der Waals surface area contributed by atoms with E-state index in [-0.39, 0.29) is 5.69 Å². The molecule has 0 radical (unpaired) electrons. The first-order chi connectivity index (χ1) is 12.5. The van der Waals surface area contributed by atoms with Gasteiger partial charge in [0, 0.05) is 16.6 Å². The summed E-state index contributed by atoms with van der Waals surface area (Å²) in [6.07, 6.45) is 1.65. The highest BCUT2D eigenvalue weighted by molar-refractivity contribution is 9.10. The van der Waals surface area contributed by atoms with E-state index in [1.807, 2.05) is 13.8 Å². The van der Waals surface area contributed by atoms with Gasteiger partial charge in [0.05, 0.1) is 29.8 Å². The van der Waals surface area contributed by atoms with Crippen molar-refractivity contribution in [2.45, 2.75) is 13.8 Å². The Morgan fingerprint density at radius 2 is 1.88 bits per heavy atom. The number of rotatable bonds is 7.